The van der Waals surface area contributed by atoms with Crippen molar-refractivity contribution in [2.75, 3.05) is 6.61 Å². The first-order valence-electron chi connectivity index (χ1n) is 4.72. The molecule has 0 bridgehead atoms. The summed E-state index contributed by atoms with van der Waals surface area (Å²) in [7, 11) is 1.46. The highest BCUT2D eigenvalue weighted by Gasteiger charge is 2.24. The molecule has 86 valence electrons. The number of carbonyl (C=O) groups excluding carboxylic acids is 1. The largest absolute Gasteiger partial charge is 0.493 e. The number of nitrogens with two attached hydrogens (primary N) is 1. The van der Waals surface area contributed by atoms with Gasteiger partial charge in [-0.15, -0.1) is 0 Å². The maximum absolute atomic E-state index is 10.7. The topological polar surface area (TPSA) is 61.6 Å². The second-order valence-corrected chi connectivity index (χ2v) is 4.94. The average Bonchev–Trinajstić information content (AvgIpc) is 2.28. The summed E-state index contributed by atoms with van der Waals surface area (Å²) in [6.07, 6.45) is -0.413. The van der Waals surface area contributed by atoms with Gasteiger partial charge in [0.25, 0.3) is 0 Å². The van der Waals surface area contributed by atoms with Gasteiger partial charge in [-0.2, -0.15) is 0 Å². The Labute approximate surface area is 105 Å². The van der Waals surface area contributed by atoms with Crippen LogP contribution in [-0.4, -0.2) is 12.7 Å². The van der Waals surface area contributed by atoms with Crippen LogP contribution < -0.4 is 10.5 Å². The van der Waals surface area contributed by atoms with E-state index in [4.69, 9.17) is 15.2 Å². The SMILES string of the molecule is NC(=O)OC1CCOc2cc(SBr)ccc21. The van der Waals surface area contributed by atoms with Gasteiger partial charge in [0.1, 0.15) is 11.9 Å². The maximum Gasteiger partial charge on any atom is 0.405 e. The number of primary amides is 1. The Morgan fingerprint density at radius 3 is 3.12 bits per heavy atom. The summed E-state index contributed by atoms with van der Waals surface area (Å²) in [5, 5.41) is 0. The molecule has 1 unspecified atom stereocenters. The van der Waals surface area contributed by atoms with E-state index < -0.39 is 6.09 Å². The van der Waals surface area contributed by atoms with Crippen LogP contribution in [0.1, 0.15) is 18.1 Å². The van der Waals surface area contributed by atoms with Gasteiger partial charge in [-0.1, -0.05) is 6.07 Å². The van der Waals surface area contributed by atoms with Crippen molar-refractivity contribution in [2.24, 2.45) is 5.73 Å². The molecular weight excluding hydrogens is 294 g/mol. The normalized spacial score (nSPS) is 18.4. The third kappa shape index (κ3) is 2.44. The van der Waals surface area contributed by atoms with Crippen LogP contribution in [0, 0.1) is 0 Å². The number of rotatable bonds is 2. The van der Waals surface area contributed by atoms with E-state index >= 15 is 0 Å². The molecule has 2 N–H and O–H groups in total. The summed E-state index contributed by atoms with van der Waals surface area (Å²) in [6, 6.07) is 5.74. The number of amides is 1. The zero-order chi connectivity index (χ0) is 11.5. The zero-order valence-electron chi connectivity index (χ0n) is 8.31. The van der Waals surface area contributed by atoms with Crippen molar-refractivity contribution in [3.05, 3.63) is 23.8 Å². The molecule has 0 saturated heterocycles. The number of hydrogen-bond donors (Lipinski definition) is 1. The highest BCUT2D eigenvalue weighted by molar-refractivity contribution is 9.50. The highest BCUT2D eigenvalue weighted by Crippen LogP contribution is 2.38. The molecule has 1 aromatic rings. The van der Waals surface area contributed by atoms with Crippen LogP contribution in [0.25, 0.3) is 0 Å². The van der Waals surface area contributed by atoms with Gasteiger partial charge in [-0.25, -0.2) is 4.79 Å². The molecule has 0 radical (unpaired) electrons. The summed E-state index contributed by atoms with van der Waals surface area (Å²) in [5.41, 5.74) is 5.89. The number of hydrogen-bond acceptors (Lipinski definition) is 4. The first kappa shape index (κ1) is 11.6. The van der Waals surface area contributed by atoms with Crippen molar-refractivity contribution < 1.29 is 14.3 Å². The van der Waals surface area contributed by atoms with E-state index in [0.717, 1.165) is 16.2 Å². The van der Waals surface area contributed by atoms with Gasteiger partial charge < -0.3 is 15.2 Å². The predicted molar refractivity (Wildman–Crippen MR) is 64.7 cm³/mol. The number of ether oxygens (including phenoxy) is 2. The molecule has 1 atom stereocenters. The first-order valence-corrected chi connectivity index (χ1v) is 7.38. The smallest absolute Gasteiger partial charge is 0.405 e. The van der Waals surface area contributed by atoms with E-state index in [2.05, 4.69) is 14.8 Å². The molecular formula is C10H10BrNO3S. The van der Waals surface area contributed by atoms with E-state index in [1.165, 1.54) is 10.2 Å². The van der Waals surface area contributed by atoms with Crippen molar-refractivity contribution in [2.45, 2.75) is 17.4 Å². The predicted octanol–water partition coefficient (Wildman–Crippen LogP) is 3.01. The molecule has 1 aliphatic heterocycles. The number of fused-ring (bicyclic) bond motifs is 1. The molecule has 0 aliphatic carbocycles. The third-order valence-electron chi connectivity index (χ3n) is 2.32. The Hall–Kier alpha value is -0.880. The van der Waals surface area contributed by atoms with Gasteiger partial charge in [-0.05, 0) is 37.1 Å². The van der Waals surface area contributed by atoms with Gasteiger partial charge in [0.2, 0.25) is 0 Å². The summed E-state index contributed by atoms with van der Waals surface area (Å²) in [6.45, 7) is 0.529. The van der Waals surface area contributed by atoms with Crippen molar-refractivity contribution in [1.82, 2.24) is 0 Å². The minimum Gasteiger partial charge on any atom is -0.493 e. The zero-order valence-corrected chi connectivity index (χ0v) is 10.7. The molecule has 16 heavy (non-hydrogen) atoms. The van der Waals surface area contributed by atoms with Gasteiger partial charge in [0.05, 0.1) is 6.61 Å². The summed E-state index contributed by atoms with van der Waals surface area (Å²) < 4.78 is 10.5. The Kier molecular flexibility index (Phi) is 3.60. The fourth-order valence-corrected chi connectivity index (χ4v) is 2.52. The molecule has 4 nitrogen and oxygen atoms in total. The monoisotopic (exact) mass is 303 g/mol. The summed E-state index contributed by atoms with van der Waals surface area (Å²) in [4.78, 5) is 11.8. The lowest BCUT2D eigenvalue weighted by Gasteiger charge is -2.25. The number of halogens is 1. The standard InChI is InChI=1S/C10H10BrNO3S/c11-16-6-1-2-7-8(15-10(12)13)3-4-14-9(7)5-6/h1-2,5,8H,3-4H2,(H2,12,13). The molecule has 0 saturated carbocycles. The van der Waals surface area contributed by atoms with E-state index in [9.17, 15) is 4.79 Å². The van der Waals surface area contributed by atoms with Crippen molar-refractivity contribution in [3.63, 3.8) is 0 Å². The Bertz CT molecular complexity index is 413. The fourth-order valence-electron chi connectivity index (χ4n) is 1.65. The molecule has 6 heteroatoms. The molecule has 1 aromatic carbocycles. The number of benzene rings is 1. The Balaban J connectivity index is 2.28. The quantitative estimate of drug-likeness (QED) is 0.912. The van der Waals surface area contributed by atoms with Crippen molar-refractivity contribution in [1.29, 1.82) is 0 Å². The van der Waals surface area contributed by atoms with Crippen LogP contribution in [-0.2, 0) is 4.74 Å². The molecule has 0 aromatic heterocycles. The molecule has 0 fully saturated rings. The van der Waals surface area contributed by atoms with E-state index in [1.54, 1.807) is 0 Å². The van der Waals surface area contributed by atoms with Crippen LogP contribution in [0.5, 0.6) is 5.75 Å². The minimum absolute atomic E-state index is 0.296. The fraction of sp³-hybridized carbons (Fsp3) is 0.300. The summed E-state index contributed by atoms with van der Waals surface area (Å²) >= 11 is 3.30. The summed E-state index contributed by atoms with van der Waals surface area (Å²) in [5.74, 6) is 0.752. The minimum atomic E-state index is -0.753. The van der Waals surface area contributed by atoms with Crippen LogP contribution >= 0.6 is 25.0 Å². The Morgan fingerprint density at radius 2 is 2.44 bits per heavy atom. The van der Waals surface area contributed by atoms with Crippen LogP contribution in [0.15, 0.2) is 23.1 Å². The van der Waals surface area contributed by atoms with E-state index in [-0.39, 0.29) is 6.10 Å². The third-order valence-corrected chi connectivity index (χ3v) is 3.87. The van der Waals surface area contributed by atoms with Gasteiger partial charge in [-0.3, -0.25) is 0 Å². The van der Waals surface area contributed by atoms with Gasteiger partial charge >= 0.3 is 6.09 Å². The molecule has 1 aliphatic rings. The lowest BCUT2D eigenvalue weighted by Crippen LogP contribution is -2.22. The Morgan fingerprint density at radius 1 is 1.62 bits per heavy atom. The van der Waals surface area contributed by atoms with Crippen LogP contribution in [0.3, 0.4) is 0 Å². The number of carbonyl (C=O) groups is 1. The van der Waals surface area contributed by atoms with Gasteiger partial charge in [0, 0.05) is 16.9 Å². The van der Waals surface area contributed by atoms with Crippen molar-refractivity contribution >= 4 is 31.1 Å². The molecule has 1 amide bonds. The lowest BCUT2D eigenvalue weighted by atomic mass is 10.0. The van der Waals surface area contributed by atoms with Crippen LogP contribution in [0.4, 0.5) is 4.79 Å². The van der Waals surface area contributed by atoms with Gasteiger partial charge in [0.15, 0.2) is 0 Å². The van der Waals surface area contributed by atoms with Crippen molar-refractivity contribution in [3.8, 4) is 5.75 Å². The van der Waals surface area contributed by atoms with E-state index in [1.807, 2.05) is 18.2 Å². The molecule has 1 heterocycles. The first-order chi connectivity index (χ1) is 7.70. The maximum atomic E-state index is 10.7. The molecule has 0 spiro atoms. The van der Waals surface area contributed by atoms with E-state index in [0.29, 0.717) is 13.0 Å². The highest BCUT2D eigenvalue weighted by atomic mass is 79.9. The van der Waals surface area contributed by atoms with Crippen LogP contribution in [0.2, 0.25) is 0 Å². The lowest BCUT2D eigenvalue weighted by molar-refractivity contribution is 0.0764. The second kappa shape index (κ2) is 4.97. The second-order valence-electron chi connectivity index (χ2n) is 3.34. The molecule has 2 rings (SSSR count). The average molecular weight is 304 g/mol.